The molecule has 1 aliphatic rings. The number of esters is 2. The molecule has 0 aromatic carbocycles. The average Bonchev–Trinajstić information content (AvgIpc) is 3.17. The van der Waals surface area contributed by atoms with E-state index in [0.717, 1.165) is 25.9 Å². The zero-order valence-corrected chi connectivity index (χ0v) is 16.8. The molecule has 156 valence electrons. The minimum Gasteiger partial charge on any atom is -0.465 e. The fourth-order valence-corrected chi connectivity index (χ4v) is 2.83. The maximum Gasteiger partial charge on any atom is 0.330 e. The van der Waals surface area contributed by atoms with E-state index in [0.29, 0.717) is 12.2 Å². The number of carbonyl (C=O) groups excluding carboxylic acids is 2. The van der Waals surface area contributed by atoms with Gasteiger partial charge in [-0.15, -0.1) is 0 Å². The van der Waals surface area contributed by atoms with Crippen LogP contribution in [0.2, 0.25) is 0 Å². The topological polar surface area (TPSA) is 84.2 Å². The number of ether oxygens (including phenoxy) is 4. The van der Waals surface area contributed by atoms with E-state index in [1.54, 1.807) is 32.1 Å². The van der Waals surface area contributed by atoms with Crippen molar-refractivity contribution in [3.8, 4) is 0 Å². The summed E-state index contributed by atoms with van der Waals surface area (Å²) < 4.78 is 27.0. The van der Waals surface area contributed by atoms with Crippen molar-refractivity contribution in [1.29, 1.82) is 0 Å². The van der Waals surface area contributed by atoms with Gasteiger partial charge in [-0.1, -0.05) is 6.08 Å². The number of rotatable bonds is 10. The van der Waals surface area contributed by atoms with Gasteiger partial charge in [-0.05, 0) is 58.6 Å². The first-order valence-electron chi connectivity index (χ1n) is 9.81. The Hall–Kier alpha value is -2.12. The highest BCUT2D eigenvalue weighted by molar-refractivity contribution is 5.82. The number of furan rings is 1. The van der Waals surface area contributed by atoms with Gasteiger partial charge in [0.2, 0.25) is 0 Å². The van der Waals surface area contributed by atoms with E-state index in [-0.39, 0.29) is 18.8 Å². The minimum absolute atomic E-state index is 0.0246. The summed E-state index contributed by atoms with van der Waals surface area (Å²) in [6.45, 7) is 6.04. The van der Waals surface area contributed by atoms with E-state index in [4.69, 9.17) is 23.4 Å². The zero-order valence-electron chi connectivity index (χ0n) is 16.8. The molecule has 0 amide bonds. The molecule has 0 saturated carbocycles. The van der Waals surface area contributed by atoms with E-state index in [9.17, 15) is 9.59 Å². The van der Waals surface area contributed by atoms with E-state index in [1.165, 1.54) is 12.3 Å². The zero-order chi connectivity index (χ0) is 20.4. The Labute approximate surface area is 166 Å². The third-order valence-corrected chi connectivity index (χ3v) is 4.27. The first-order chi connectivity index (χ1) is 13.4. The molecule has 7 heteroatoms. The normalized spacial score (nSPS) is 20.5. The molecule has 0 aliphatic carbocycles. The monoisotopic (exact) mass is 394 g/mol. The molecule has 0 spiro atoms. The number of hydrogen-bond donors (Lipinski definition) is 0. The van der Waals surface area contributed by atoms with Crippen molar-refractivity contribution in [2.45, 2.75) is 77.5 Å². The fraction of sp³-hybridized carbons (Fsp3) is 0.619. The van der Waals surface area contributed by atoms with E-state index >= 15 is 0 Å². The lowest BCUT2D eigenvalue weighted by Gasteiger charge is -2.25. The van der Waals surface area contributed by atoms with Gasteiger partial charge in [0.25, 0.3) is 0 Å². The van der Waals surface area contributed by atoms with Crippen molar-refractivity contribution >= 4 is 11.9 Å². The first-order valence-corrected chi connectivity index (χ1v) is 9.81. The second kappa shape index (κ2) is 11.7. The van der Waals surface area contributed by atoms with Crippen LogP contribution in [0.25, 0.3) is 0 Å². The largest absolute Gasteiger partial charge is 0.465 e. The molecule has 7 nitrogen and oxygen atoms in total. The lowest BCUT2D eigenvalue weighted by atomic mass is 10.2. The molecule has 2 heterocycles. The lowest BCUT2D eigenvalue weighted by Crippen LogP contribution is -2.26. The van der Waals surface area contributed by atoms with Crippen LogP contribution in [0.5, 0.6) is 0 Å². The molecule has 1 aromatic rings. The number of hydrogen-bond acceptors (Lipinski definition) is 7. The highest BCUT2D eigenvalue weighted by atomic mass is 16.7. The summed E-state index contributed by atoms with van der Waals surface area (Å²) in [5.74, 6) is -0.390. The molecule has 1 aromatic heterocycles. The summed E-state index contributed by atoms with van der Waals surface area (Å²) in [7, 11) is 0. The molecule has 1 unspecified atom stereocenters. The summed E-state index contributed by atoms with van der Waals surface area (Å²) in [6, 6.07) is 3.46. The maximum atomic E-state index is 11.9. The molecular weight excluding hydrogens is 364 g/mol. The van der Waals surface area contributed by atoms with Crippen LogP contribution in [0.3, 0.4) is 0 Å². The van der Waals surface area contributed by atoms with E-state index in [2.05, 4.69) is 0 Å². The summed E-state index contributed by atoms with van der Waals surface area (Å²) in [5, 5.41) is 0. The molecule has 0 bridgehead atoms. The van der Waals surface area contributed by atoms with Crippen molar-refractivity contribution in [1.82, 2.24) is 0 Å². The molecule has 0 N–H and O–H groups in total. The molecule has 0 radical (unpaired) electrons. The standard InChI is InChI=1S/C21H30O7/c1-15(27-21-11-4-5-12-25-21)8-6-10-19(22)26-16(2)14-20(23)28-17(3)18-9-7-13-24-18/h6-7,9-10,13,15-17,21H,4-5,8,11-12,14H2,1-3H3/b10-6+/t15-,16-,17-,21?/m0/s1. The Kier molecular flexibility index (Phi) is 9.23. The van der Waals surface area contributed by atoms with Crippen LogP contribution in [-0.4, -0.2) is 37.0 Å². The predicted molar refractivity (Wildman–Crippen MR) is 101 cm³/mol. The van der Waals surface area contributed by atoms with Gasteiger partial charge in [0, 0.05) is 12.7 Å². The molecule has 2 rings (SSSR count). The summed E-state index contributed by atoms with van der Waals surface area (Å²) in [4.78, 5) is 23.8. The van der Waals surface area contributed by atoms with Gasteiger partial charge < -0.3 is 23.4 Å². The van der Waals surface area contributed by atoms with Gasteiger partial charge in [-0.2, -0.15) is 0 Å². The van der Waals surface area contributed by atoms with Crippen molar-refractivity contribution in [2.24, 2.45) is 0 Å². The Bertz CT molecular complexity index is 617. The van der Waals surface area contributed by atoms with E-state index < -0.39 is 24.1 Å². The van der Waals surface area contributed by atoms with Crippen LogP contribution in [0.15, 0.2) is 35.0 Å². The second-order valence-electron chi connectivity index (χ2n) is 6.98. The Morgan fingerprint density at radius 1 is 1.21 bits per heavy atom. The van der Waals surface area contributed by atoms with Gasteiger partial charge in [0.1, 0.15) is 11.9 Å². The summed E-state index contributed by atoms with van der Waals surface area (Å²) >= 11 is 0. The van der Waals surface area contributed by atoms with Crippen LogP contribution in [-0.2, 0) is 28.5 Å². The Morgan fingerprint density at radius 3 is 2.71 bits per heavy atom. The number of carbonyl (C=O) groups is 2. The SMILES string of the molecule is C[C@H](OC(=O)C[C@H](C)OC(=O)/C=C/C[C@H](C)OC1CCCCO1)c1ccco1. The van der Waals surface area contributed by atoms with Crippen LogP contribution in [0, 0.1) is 0 Å². The van der Waals surface area contributed by atoms with Crippen LogP contribution in [0.4, 0.5) is 0 Å². The van der Waals surface area contributed by atoms with Crippen LogP contribution in [0.1, 0.15) is 64.7 Å². The molecule has 4 atom stereocenters. The van der Waals surface area contributed by atoms with Gasteiger partial charge in [0.15, 0.2) is 12.4 Å². The highest BCUT2D eigenvalue weighted by Crippen LogP contribution is 2.18. The molecule has 1 aliphatic heterocycles. The van der Waals surface area contributed by atoms with Crippen molar-refractivity contribution in [3.05, 3.63) is 36.3 Å². The van der Waals surface area contributed by atoms with Gasteiger partial charge in [0.05, 0.1) is 18.8 Å². The Morgan fingerprint density at radius 2 is 2.04 bits per heavy atom. The first kappa shape index (κ1) is 22.2. The van der Waals surface area contributed by atoms with Gasteiger partial charge in [-0.25, -0.2) is 4.79 Å². The molecule has 1 fully saturated rings. The second-order valence-corrected chi connectivity index (χ2v) is 6.98. The Balaban J connectivity index is 1.62. The smallest absolute Gasteiger partial charge is 0.330 e. The van der Waals surface area contributed by atoms with Gasteiger partial charge >= 0.3 is 11.9 Å². The lowest BCUT2D eigenvalue weighted by molar-refractivity contribution is -0.183. The molecule has 1 saturated heterocycles. The summed E-state index contributed by atoms with van der Waals surface area (Å²) in [6.07, 6.45) is 6.95. The van der Waals surface area contributed by atoms with Crippen LogP contribution >= 0.6 is 0 Å². The molecular formula is C21H30O7. The fourth-order valence-electron chi connectivity index (χ4n) is 2.83. The van der Waals surface area contributed by atoms with Crippen molar-refractivity contribution < 1.29 is 33.0 Å². The van der Waals surface area contributed by atoms with Gasteiger partial charge in [-0.3, -0.25) is 4.79 Å². The van der Waals surface area contributed by atoms with Crippen LogP contribution < -0.4 is 0 Å². The quantitative estimate of drug-likeness (QED) is 0.436. The predicted octanol–water partition coefficient (Wildman–Crippen LogP) is 4.08. The maximum absolute atomic E-state index is 11.9. The van der Waals surface area contributed by atoms with Crippen molar-refractivity contribution in [2.75, 3.05) is 6.61 Å². The third-order valence-electron chi connectivity index (χ3n) is 4.27. The van der Waals surface area contributed by atoms with E-state index in [1.807, 2.05) is 6.92 Å². The average molecular weight is 394 g/mol. The minimum atomic E-state index is -0.585. The highest BCUT2D eigenvalue weighted by Gasteiger charge is 2.19. The summed E-state index contributed by atoms with van der Waals surface area (Å²) in [5.41, 5.74) is 0. The third kappa shape index (κ3) is 8.27. The molecule has 28 heavy (non-hydrogen) atoms. The van der Waals surface area contributed by atoms with Crippen molar-refractivity contribution in [3.63, 3.8) is 0 Å².